The topological polar surface area (TPSA) is 46.2 Å². The maximum atomic E-state index is 12.4. The van der Waals surface area contributed by atoms with Crippen LogP contribution in [0.5, 0.6) is 0 Å². The van der Waals surface area contributed by atoms with Gasteiger partial charge < -0.3 is 0 Å². The molecule has 4 heteroatoms. The molecular weight excluding hydrogens is 258 g/mol. The van der Waals surface area contributed by atoms with Crippen molar-refractivity contribution in [2.45, 2.75) is 64.8 Å². The van der Waals surface area contributed by atoms with E-state index < -0.39 is 15.6 Å². The summed E-state index contributed by atoms with van der Waals surface area (Å²) in [4.78, 5) is 0.379. The summed E-state index contributed by atoms with van der Waals surface area (Å²) in [5.41, 5.74) is 2.62. The summed E-state index contributed by atoms with van der Waals surface area (Å²) >= 11 is 0. The maximum Gasteiger partial charge on any atom is 0.241 e. The molecule has 1 rings (SSSR count). The molecule has 0 spiro atoms. The third kappa shape index (κ3) is 3.80. The van der Waals surface area contributed by atoms with Gasteiger partial charge in [-0.15, -0.1) is 0 Å². The monoisotopic (exact) mass is 283 g/mol. The predicted octanol–water partition coefficient (Wildman–Crippen LogP) is 3.50. The van der Waals surface area contributed by atoms with E-state index >= 15 is 0 Å². The normalized spacial score (nSPS) is 13.1. The molecule has 1 N–H and O–H groups in total. The molecule has 0 amide bonds. The van der Waals surface area contributed by atoms with Crippen molar-refractivity contribution in [1.29, 1.82) is 0 Å². The van der Waals surface area contributed by atoms with Gasteiger partial charge in [0.05, 0.1) is 4.90 Å². The van der Waals surface area contributed by atoms with Crippen LogP contribution < -0.4 is 4.72 Å². The Morgan fingerprint density at radius 1 is 1.05 bits per heavy atom. The van der Waals surface area contributed by atoms with Crippen LogP contribution in [0.25, 0.3) is 0 Å². The van der Waals surface area contributed by atoms with E-state index in [4.69, 9.17) is 0 Å². The molecule has 0 heterocycles. The predicted molar refractivity (Wildman–Crippen MR) is 80.1 cm³/mol. The highest BCUT2D eigenvalue weighted by atomic mass is 32.2. The average Bonchev–Trinajstić information content (AvgIpc) is 2.17. The van der Waals surface area contributed by atoms with Gasteiger partial charge in [-0.25, -0.2) is 13.1 Å². The zero-order valence-corrected chi connectivity index (χ0v) is 13.8. The van der Waals surface area contributed by atoms with Gasteiger partial charge in [0.1, 0.15) is 0 Å². The molecule has 1 aromatic rings. The summed E-state index contributed by atoms with van der Waals surface area (Å²) in [6.07, 6.45) is 0. The molecular formula is C15H25NO2S. The Morgan fingerprint density at radius 2 is 1.58 bits per heavy atom. The van der Waals surface area contributed by atoms with Crippen LogP contribution in [0.2, 0.25) is 0 Å². The number of hydrogen-bond donors (Lipinski definition) is 1. The third-order valence-corrected chi connectivity index (χ3v) is 5.03. The second-order valence-electron chi connectivity index (χ2n) is 6.41. The zero-order valence-electron chi connectivity index (χ0n) is 13.0. The van der Waals surface area contributed by atoms with Crippen LogP contribution in [0.15, 0.2) is 17.0 Å². The van der Waals surface area contributed by atoms with Gasteiger partial charge in [0, 0.05) is 5.54 Å². The Morgan fingerprint density at radius 3 is 2.00 bits per heavy atom. The van der Waals surface area contributed by atoms with E-state index in [2.05, 4.69) is 18.6 Å². The van der Waals surface area contributed by atoms with E-state index in [0.717, 1.165) is 11.1 Å². The molecule has 3 nitrogen and oxygen atoms in total. The summed E-state index contributed by atoms with van der Waals surface area (Å²) in [6, 6.07) is 3.63. The number of rotatable bonds is 3. The van der Waals surface area contributed by atoms with Crippen LogP contribution in [0.4, 0.5) is 0 Å². The van der Waals surface area contributed by atoms with E-state index in [1.54, 1.807) is 6.07 Å². The SMILES string of the molecule is Cc1c(C(C)C)ccc(S(=O)(=O)NC(C)(C)C)c1C. The first-order valence-electron chi connectivity index (χ1n) is 6.60. The fourth-order valence-corrected chi connectivity index (χ4v) is 3.91. The lowest BCUT2D eigenvalue weighted by Crippen LogP contribution is -2.40. The van der Waals surface area contributed by atoms with Gasteiger partial charge in [-0.1, -0.05) is 19.9 Å². The van der Waals surface area contributed by atoms with Gasteiger partial charge in [-0.05, 0) is 63.3 Å². The Balaban J connectivity index is 3.35. The minimum atomic E-state index is -3.46. The second kappa shape index (κ2) is 5.25. The first-order valence-corrected chi connectivity index (χ1v) is 8.08. The lowest BCUT2D eigenvalue weighted by atomic mass is 9.95. The van der Waals surface area contributed by atoms with Crippen LogP contribution in [0.1, 0.15) is 57.2 Å². The van der Waals surface area contributed by atoms with Gasteiger partial charge in [-0.3, -0.25) is 0 Å². The van der Waals surface area contributed by atoms with Gasteiger partial charge >= 0.3 is 0 Å². The van der Waals surface area contributed by atoms with Gasteiger partial charge in [-0.2, -0.15) is 0 Å². The maximum absolute atomic E-state index is 12.4. The molecule has 0 aliphatic rings. The number of benzene rings is 1. The largest absolute Gasteiger partial charge is 0.241 e. The van der Waals surface area contributed by atoms with Gasteiger partial charge in [0.15, 0.2) is 0 Å². The zero-order chi connectivity index (χ0) is 15.0. The molecule has 0 fully saturated rings. The Labute approximate surface area is 117 Å². The van der Waals surface area contributed by atoms with Crippen molar-refractivity contribution < 1.29 is 8.42 Å². The number of sulfonamides is 1. The molecule has 0 unspecified atom stereocenters. The smallest absolute Gasteiger partial charge is 0.207 e. The van der Waals surface area contributed by atoms with E-state index in [-0.39, 0.29) is 0 Å². The number of hydrogen-bond acceptors (Lipinski definition) is 2. The average molecular weight is 283 g/mol. The molecule has 1 aromatic carbocycles. The highest BCUT2D eigenvalue weighted by Crippen LogP contribution is 2.27. The standard InChI is InChI=1S/C15H25NO2S/c1-10(2)13-8-9-14(12(4)11(13)3)19(17,18)16-15(5,6)7/h8-10,16H,1-7H3. The van der Waals surface area contributed by atoms with Gasteiger partial charge in [0.25, 0.3) is 0 Å². The van der Waals surface area contributed by atoms with Crippen molar-refractivity contribution in [2.75, 3.05) is 0 Å². The van der Waals surface area contributed by atoms with E-state index in [1.807, 2.05) is 40.7 Å². The van der Waals surface area contributed by atoms with E-state index in [1.165, 1.54) is 5.56 Å². The Bertz CT molecular complexity index is 567. The second-order valence-corrected chi connectivity index (χ2v) is 8.06. The third-order valence-electron chi connectivity index (χ3n) is 3.13. The van der Waals surface area contributed by atoms with E-state index in [9.17, 15) is 8.42 Å². The van der Waals surface area contributed by atoms with E-state index in [0.29, 0.717) is 10.8 Å². The molecule has 19 heavy (non-hydrogen) atoms. The molecule has 108 valence electrons. The Kier molecular flexibility index (Phi) is 4.47. The van der Waals surface area contributed by atoms with Crippen LogP contribution in [0, 0.1) is 13.8 Å². The van der Waals surface area contributed by atoms with Crippen LogP contribution in [-0.2, 0) is 10.0 Å². The van der Waals surface area contributed by atoms with Crippen LogP contribution >= 0.6 is 0 Å². The minimum Gasteiger partial charge on any atom is -0.207 e. The van der Waals surface area contributed by atoms with Crippen molar-refractivity contribution in [1.82, 2.24) is 4.72 Å². The summed E-state index contributed by atoms with van der Waals surface area (Å²) in [5.74, 6) is 0.394. The Hall–Kier alpha value is -0.870. The number of nitrogens with one attached hydrogen (secondary N) is 1. The van der Waals surface area contributed by atoms with Gasteiger partial charge in [0.2, 0.25) is 10.0 Å². The van der Waals surface area contributed by atoms with Crippen LogP contribution in [0.3, 0.4) is 0 Å². The molecule has 0 saturated heterocycles. The highest BCUT2D eigenvalue weighted by molar-refractivity contribution is 7.89. The fourth-order valence-electron chi connectivity index (χ4n) is 2.19. The molecule has 0 aliphatic carbocycles. The summed E-state index contributed by atoms with van der Waals surface area (Å²) in [7, 11) is -3.46. The van der Waals surface area contributed by atoms with Crippen molar-refractivity contribution in [3.63, 3.8) is 0 Å². The van der Waals surface area contributed by atoms with Crippen molar-refractivity contribution >= 4 is 10.0 Å². The summed E-state index contributed by atoms with van der Waals surface area (Å²) in [6.45, 7) is 13.6. The molecule has 0 bridgehead atoms. The first-order chi connectivity index (χ1) is 8.46. The quantitative estimate of drug-likeness (QED) is 0.922. The van der Waals surface area contributed by atoms with Crippen molar-refractivity contribution in [3.05, 3.63) is 28.8 Å². The summed E-state index contributed by atoms with van der Waals surface area (Å²) in [5, 5.41) is 0. The first kappa shape index (κ1) is 16.2. The molecule has 0 saturated carbocycles. The lowest BCUT2D eigenvalue weighted by Gasteiger charge is -2.22. The lowest BCUT2D eigenvalue weighted by molar-refractivity contribution is 0.491. The van der Waals surface area contributed by atoms with Crippen molar-refractivity contribution in [2.24, 2.45) is 0 Å². The molecule has 0 aromatic heterocycles. The molecule has 0 radical (unpaired) electrons. The molecule has 0 atom stereocenters. The molecule has 0 aliphatic heterocycles. The fraction of sp³-hybridized carbons (Fsp3) is 0.600. The minimum absolute atomic E-state index is 0.379. The summed E-state index contributed by atoms with van der Waals surface area (Å²) < 4.78 is 27.5. The van der Waals surface area contributed by atoms with Crippen molar-refractivity contribution in [3.8, 4) is 0 Å². The van der Waals surface area contributed by atoms with Crippen LogP contribution in [-0.4, -0.2) is 14.0 Å². The highest BCUT2D eigenvalue weighted by Gasteiger charge is 2.24.